The summed E-state index contributed by atoms with van der Waals surface area (Å²) in [5, 5.41) is 8.42. The van der Waals surface area contributed by atoms with Crippen molar-refractivity contribution in [1.29, 1.82) is 0 Å². The van der Waals surface area contributed by atoms with E-state index in [4.69, 9.17) is 22.4 Å². The fourth-order valence-corrected chi connectivity index (χ4v) is 4.91. The largest absolute Gasteiger partial charge is 0.573 e. The maximum atomic E-state index is 13.3. The Morgan fingerprint density at radius 2 is 1.97 bits per heavy atom. The molecular weight excluding hydrogens is 537 g/mol. The van der Waals surface area contributed by atoms with Crippen LogP contribution in [-0.2, 0) is 11.3 Å². The Hall–Kier alpha value is -4.00. The van der Waals surface area contributed by atoms with Crippen LogP contribution in [0.25, 0.3) is 16.7 Å². The molecule has 2 aliphatic heterocycles. The van der Waals surface area contributed by atoms with Gasteiger partial charge in [0.1, 0.15) is 30.1 Å². The zero-order valence-corrected chi connectivity index (χ0v) is 21.8. The van der Waals surface area contributed by atoms with E-state index in [0.717, 1.165) is 24.1 Å². The number of carbonyl (C=O) groups excluding carboxylic acids is 1. The highest BCUT2D eigenvalue weighted by molar-refractivity contribution is 6.32. The van der Waals surface area contributed by atoms with Crippen molar-refractivity contribution in [3.8, 4) is 5.75 Å². The summed E-state index contributed by atoms with van der Waals surface area (Å²) in [7, 11) is 0. The number of carbonyl (C=O) groups is 1. The van der Waals surface area contributed by atoms with Crippen LogP contribution in [0.15, 0.2) is 42.4 Å². The second kappa shape index (κ2) is 10.6. The minimum atomic E-state index is -4.85. The van der Waals surface area contributed by atoms with Crippen molar-refractivity contribution >= 4 is 45.7 Å². The maximum absolute atomic E-state index is 13.3. The number of aromatic nitrogens is 4. The number of allylic oxidation sites excluding steroid dienone is 2. The Bertz CT molecular complexity index is 1460. The number of ether oxygens (including phenoxy) is 1. The minimum Gasteiger partial charge on any atom is -0.404 e. The molecule has 10 nitrogen and oxygen atoms in total. The van der Waals surface area contributed by atoms with Crippen molar-refractivity contribution in [3.63, 3.8) is 0 Å². The molecule has 1 saturated heterocycles. The summed E-state index contributed by atoms with van der Waals surface area (Å²) in [6.07, 6.45) is 1.96. The van der Waals surface area contributed by atoms with Gasteiger partial charge >= 0.3 is 6.36 Å². The van der Waals surface area contributed by atoms with Crippen molar-refractivity contribution in [2.75, 3.05) is 36.8 Å². The summed E-state index contributed by atoms with van der Waals surface area (Å²) >= 11 is 5.87. The number of hydrogen-bond acceptors (Lipinski definition) is 8. The van der Waals surface area contributed by atoms with Gasteiger partial charge in [0.25, 0.3) is 0 Å². The molecule has 0 aliphatic carbocycles. The Morgan fingerprint density at radius 3 is 2.69 bits per heavy atom. The quantitative estimate of drug-likeness (QED) is 0.464. The summed E-state index contributed by atoms with van der Waals surface area (Å²) in [5.41, 5.74) is 9.78. The van der Waals surface area contributed by atoms with Gasteiger partial charge in [0.2, 0.25) is 5.91 Å². The summed E-state index contributed by atoms with van der Waals surface area (Å²) in [6.45, 7) is 3.59. The molecule has 206 valence electrons. The van der Waals surface area contributed by atoms with E-state index >= 15 is 0 Å². The number of nitrogens with one attached hydrogen (secondary N) is 1. The zero-order chi connectivity index (χ0) is 27.7. The number of benzene rings is 1. The van der Waals surface area contributed by atoms with Crippen molar-refractivity contribution in [3.05, 3.63) is 53.1 Å². The lowest BCUT2D eigenvalue weighted by Gasteiger charge is -2.36. The standard InChI is InChI=1S/C25H26ClF3N8O2/c1-2-15-4-3-7-31-21(15)22-20-23(30)32-14-33-24(20)37(34-22)13-19(38)36-10-8-35(9-11-36)16-5-6-17(26)18(12-16)39-25(27,28)29/h3,5-7,12,14,31H,2,4,8-11,13H2,1H3,(H2,30,32,33). The second-order valence-corrected chi connectivity index (χ2v) is 9.48. The SMILES string of the molecule is CCC1=C(c2nn(CC(=O)N3CCN(c4ccc(Cl)c(OC(F)(F)F)c4)CC3)c3ncnc(N)c23)NC=CC1. The van der Waals surface area contributed by atoms with Crippen LogP contribution in [0.1, 0.15) is 25.5 Å². The zero-order valence-electron chi connectivity index (χ0n) is 21.0. The third-order valence-corrected chi connectivity index (χ3v) is 7.02. The number of halogens is 4. The number of nitrogens with zero attached hydrogens (tertiary/aromatic N) is 6. The van der Waals surface area contributed by atoms with Crippen molar-refractivity contribution in [1.82, 2.24) is 30.0 Å². The molecule has 4 heterocycles. The van der Waals surface area contributed by atoms with E-state index in [1.54, 1.807) is 11.0 Å². The van der Waals surface area contributed by atoms with Gasteiger partial charge in [0.05, 0.1) is 16.1 Å². The molecule has 1 fully saturated rings. The first-order valence-electron chi connectivity index (χ1n) is 12.3. The highest BCUT2D eigenvalue weighted by Crippen LogP contribution is 2.34. The number of fused-ring (bicyclic) bond motifs is 1. The molecule has 3 aromatic rings. The van der Waals surface area contributed by atoms with Crippen LogP contribution >= 0.6 is 11.6 Å². The third kappa shape index (κ3) is 5.58. The Kier molecular flexibility index (Phi) is 7.25. The molecule has 0 radical (unpaired) electrons. The van der Waals surface area contributed by atoms with Gasteiger partial charge in [-0.3, -0.25) is 4.79 Å². The van der Waals surface area contributed by atoms with Crippen molar-refractivity contribution in [2.45, 2.75) is 32.7 Å². The number of nitrogens with two attached hydrogens (primary N) is 1. The fraction of sp³-hybridized carbons (Fsp3) is 0.360. The van der Waals surface area contributed by atoms with Gasteiger partial charge in [0, 0.05) is 37.9 Å². The first-order chi connectivity index (χ1) is 18.6. The summed E-state index contributed by atoms with van der Waals surface area (Å²) in [5.74, 6) is -0.355. The molecule has 14 heteroatoms. The summed E-state index contributed by atoms with van der Waals surface area (Å²) < 4.78 is 43.7. The molecule has 5 rings (SSSR count). The number of dihydropyridines is 1. The monoisotopic (exact) mass is 562 g/mol. The van der Waals surface area contributed by atoms with Crippen molar-refractivity contribution < 1.29 is 22.7 Å². The molecule has 0 atom stereocenters. The lowest BCUT2D eigenvalue weighted by Crippen LogP contribution is -2.49. The topological polar surface area (TPSA) is 114 Å². The van der Waals surface area contributed by atoms with E-state index in [1.807, 2.05) is 17.2 Å². The van der Waals surface area contributed by atoms with Gasteiger partial charge in [-0.15, -0.1) is 13.2 Å². The Balaban J connectivity index is 1.32. The highest BCUT2D eigenvalue weighted by Gasteiger charge is 2.32. The number of amides is 1. The molecule has 1 aromatic carbocycles. The predicted octanol–water partition coefficient (Wildman–Crippen LogP) is 3.94. The second-order valence-electron chi connectivity index (χ2n) is 9.08. The van der Waals surface area contributed by atoms with Crippen LogP contribution in [0.2, 0.25) is 5.02 Å². The van der Waals surface area contributed by atoms with Crippen LogP contribution < -0.4 is 20.7 Å². The van der Waals surface area contributed by atoms with Gasteiger partial charge in [-0.25, -0.2) is 14.6 Å². The maximum Gasteiger partial charge on any atom is 0.573 e. The number of alkyl halides is 3. The minimum absolute atomic E-state index is 0.0535. The third-order valence-electron chi connectivity index (χ3n) is 6.71. The molecule has 3 N–H and O–H groups in total. The number of hydrogen-bond donors (Lipinski definition) is 2. The van der Waals surface area contributed by atoms with Crippen LogP contribution in [-0.4, -0.2) is 63.1 Å². The van der Waals surface area contributed by atoms with E-state index in [1.165, 1.54) is 23.1 Å². The van der Waals surface area contributed by atoms with E-state index in [0.29, 0.717) is 48.6 Å². The number of piperazine rings is 1. The first kappa shape index (κ1) is 26.6. The Morgan fingerprint density at radius 1 is 1.21 bits per heavy atom. The molecule has 0 bridgehead atoms. The van der Waals surface area contributed by atoms with Crippen LogP contribution in [0.5, 0.6) is 5.75 Å². The molecule has 0 unspecified atom stereocenters. The average Bonchev–Trinajstić information content (AvgIpc) is 3.28. The fourth-order valence-electron chi connectivity index (χ4n) is 4.75. The van der Waals surface area contributed by atoms with Crippen molar-refractivity contribution in [2.24, 2.45) is 0 Å². The van der Waals surface area contributed by atoms with E-state index < -0.39 is 12.1 Å². The molecule has 39 heavy (non-hydrogen) atoms. The first-order valence-corrected chi connectivity index (χ1v) is 12.7. The lowest BCUT2D eigenvalue weighted by atomic mass is 10.0. The number of rotatable bonds is 6. The highest BCUT2D eigenvalue weighted by atomic mass is 35.5. The van der Waals surface area contributed by atoms with E-state index in [9.17, 15) is 18.0 Å². The number of nitrogen functional groups attached to an aromatic ring is 1. The van der Waals surface area contributed by atoms with Gasteiger partial charge in [-0.1, -0.05) is 24.6 Å². The molecule has 2 aliphatic rings. The Labute approximate surface area is 226 Å². The van der Waals surface area contributed by atoms with Gasteiger partial charge in [0.15, 0.2) is 5.65 Å². The van der Waals surface area contributed by atoms with Crippen LogP contribution in [0.3, 0.4) is 0 Å². The average molecular weight is 563 g/mol. The molecule has 1 amide bonds. The summed E-state index contributed by atoms with van der Waals surface area (Å²) in [4.78, 5) is 25.3. The normalized spacial score (nSPS) is 16.1. The molecule has 0 spiro atoms. The smallest absolute Gasteiger partial charge is 0.404 e. The molecular formula is C25H26ClF3N8O2. The van der Waals surface area contributed by atoms with Gasteiger partial charge in [-0.05, 0) is 36.7 Å². The molecule has 0 saturated carbocycles. The number of anilines is 2. The van der Waals surface area contributed by atoms with E-state index in [2.05, 4.69) is 26.9 Å². The molecule has 2 aromatic heterocycles. The van der Waals surface area contributed by atoms with Crippen LogP contribution in [0, 0.1) is 0 Å². The van der Waals surface area contributed by atoms with Gasteiger partial charge in [-0.2, -0.15) is 5.10 Å². The summed E-state index contributed by atoms with van der Waals surface area (Å²) in [6, 6.07) is 4.24. The van der Waals surface area contributed by atoms with E-state index in [-0.39, 0.29) is 23.3 Å². The van der Waals surface area contributed by atoms with Crippen LogP contribution in [0.4, 0.5) is 24.7 Å². The van der Waals surface area contributed by atoms with Gasteiger partial charge < -0.3 is 25.6 Å². The predicted molar refractivity (Wildman–Crippen MR) is 141 cm³/mol. The lowest BCUT2D eigenvalue weighted by molar-refractivity contribution is -0.274.